The van der Waals surface area contributed by atoms with E-state index < -0.39 is 34.4 Å². The van der Waals surface area contributed by atoms with Gasteiger partial charge in [0.25, 0.3) is 10.4 Å². The molecule has 0 aliphatic carbocycles. The van der Waals surface area contributed by atoms with Gasteiger partial charge in [0.15, 0.2) is 0 Å². The largest absolute Gasteiger partial charge is 1.00 e. The summed E-state index contributed by atoms with van der Waals surface area (Å²) in [5, 5.41) is 0. The van der Waals surface area contributed by atoms with Crippen molar-refractivity contribution >= 4 is 22.3 Å². The van der Waals surface area contributed by atoms with Crippen LogP contribution in [0.2, 0.25) is 0 Å². The van der Waals surface area contributed by atoms with Gasteiger partial charge in [-0.05, 0) is 25.7 Å². The molecule has 0 saturated carbocycles. The molecule has 0 rings (SSSR count). The molecule has 0 saturated heterocycles. The molecular formula is C14H25KO7S. The second-order valence-electron chi connectivity index (χ2n) is 5.18. The molecule has 0 aromatic carbocycles. The number of ether oxygens (including phenoxy) is 1. The normalized spacial score (nSPS) is 11.5. The van der Waals surface area contributed by atoms with E-state index in [1.165, 1.54) is 0 Å². The zero-order valence-corrected chi connectivity index (χ0v) is 18.4. The Morgan fingerprint density at radius 3 is 1.96 bits per heavy atom. The summed E-state index contributed by atoms with van der Waals surface area (Å²) in [4.78, 5) is 22.9. The fourth-order valence-corrected chi connectivity index (χ4v) is 2.46. The molecular weight excluding hydrogens is 351 g/mol. The van der Waals surface area contributed by atoms with Gasteiger partial charge in [0, 0.05) is 0 Å². The topological polar surface area (TPSA) is 110 Å². The Morgan fingerprint density at radius 2 is 1.52 bits per heavy atom. The number of hydrogen-bond donors (Lipinski definition) is 0. The van der Waals surface area contributed by atoms with Gasteiger partial charge in [0.2, 0.25) is 0 Å². The molecule has 7 nitrogen and oxygen atoms in total. The van der Waals surface area contributed by atoms with Crippen LogP contribution in [0.5, 0.6) is 0 Å². The maximum atomic E-state index is 11.8. The van der Waals surface area contributed by atoms with E-state index in [1.54, 1.807) is 0 Å². The minimum atomic E-state index is -5.08. The van der Waals surface area contributed by atoms with Gasteiger partial charge in [-0.3, -0.25) is 9.59 Å². The second-order valence-corrected chi connectivity index (χ2v) is 6.17. The smallest absolute Gasteiger partial charge is 0.716 e. The van der Waals surface area contributed by atoms with Crippen LogP contribution in [0.1, 0.15) is 72.1 Å². The van der Waals surface area contributed by atoms with Crippen LogP contribution in [0, 0.1) is 0 Å². The Morgan fingerprint density at radius 1 is 1.00 bits per heavy atom. The Balaban J connectivity index is 0. The minimum absolute atomic E-state index is 0. The quantitative estimate of drug-likeness (QED) is 0.156. The van der Waals surface area contributed by atoms with E-state index in [2.05, 4.69) is 11.1 Å². The van der Waals surface area contributed by atoms with Crippen molar-refractivity contribution in [1.82, 2.24) is 0 Å². The van der Waals surface area contributed by atoms with E-state index >= 15 is 0 Å². The van der Waals surface area contributed by atoms with Gasteiger partial charge >= 0.3 is 63.3 Å². The van der Waals surface area contributed by atoms with Crippen LogP contribution >= 0.6 is 0 Å². The molecule has 0 unspecified atom stereocenters. The molecule has 0 aliphatic heterocycles. The molecule has 0 amide bonds. The summed E-state index contributed by atoms with van der Waals surface area (Å²) >= 11 is 0. The van der Waals surface area contributed by atoms with Crippen LogP contribution in [-0.4, -0.2) is 30.5 Å². The Hall–Kier alpha value is 0.486. The Bertz CT molecular complexity index is 458. The maximum absolute atomic E-state index is 11.8. The van der Waals surface area contributed by atoms with Crippen LogP contribution < -0.4 is 51.4 Å². The molecule has 0 aromatic heterocycles. The van der Waals surface area contributed by atoms with E-state index in [4.69, 9.17) is 4.74 Å². The van der Waals surface area contributed by atoms with Crippen molar-refractivity contribution in [2.45, 2.75) is 77.7 Å². The van der Waals surface area contributed by atoms with Crippen molar-refractivity contribution < 1.29 is 82.9 Å². The van der Waals surface area contributed by atoms with E-state index in [0.717, 1.165) is 25.7 Å². The van der Waals surface area contributed by atoms with Gasteiger partial charge in [-0.2, -0.15) is 0 Å². The first-order valence-electron chi connectivity index (χ1n) is 7.58. The van der Waals surface area contributed by atoms with Crippen molar-refractivity contribution in [1.29, 1.82) is 0 Å². The SMILES string of the molecule is CCCCCC(CC)(CC)OC(=O)CCC(=O)OS(=O)(=O)[O-].[K+]. The molecule has 0 atom stereocenters. The van der Waals surface area contributed by atoms with E-state index in [1.807, 2.05) is 13.8 Å². The molecule has 0 fully saturated rings. The van der Waals surface area contributed by atoms with Crippen molar-refractivity contribution in [3.63, 3.8) is 0 Å². The van der Waals surface area contributed by atoms with Gasteiger partial charge in [-0.25, -0.2) is 8.42 Å². The molecule has 130 valence electrons. The summed E-state index contributed by atoms with van der Waals surface area (Å²) in [5.41, 5.74) is -0.555. The first kappa shape index (κ1) is 25.7. The average Bonchev–Trinajstić information content (AvgIpc) is 2.42. The van der Waals surface area contributed by atoms with E-state index in [0.29, 0.717) is 12.8 Å². The first-order valence-corrected chi connectivity index (χ1v) is 8.91. The number of unbranched alkanes of at least 4 members (excludes halogenated alkanes) is 2. The maximum Gasteiger partial charge on any atom is 1.00 e. The summed E-state index contributed by atoms with van der Waals surface area (Å²) in [6, 6.07) is 0. The molecule has 0 aliphatic rings. The van der Waals surface area contributed by atoms with E-state index in [-0.39, 0.29) is 57.8 Å². The minimum Gasteiger partial charge on any atom is -0.716 e. The van der Waals surface area contributed by atoms with Crippen molar-refractivity contribution in [2.75, 3.05) is 0 Å². The first-order chi connectivity index (χ1) is 10.2. The third-order valence-corrected chi connectivity index (χ3v) is 3.97. The van der Waals surface area contributed by atoms with Gasteiger partial charge in [-0.1, -0.05) is 33.6 Å². The van der Waals surface area contributed by atoms with Crippen LogP contribution in [0.25, 0.3) is 0 Å². The van der Waals surface area contributed by atoms with Crippen LogP contribution in [0.15, 0.2) is 0 Å². The predicted molar refractivity (Wildman–Crippen MR) is 78.6 cm³/mol. The number of esters is 1. The standard InChI is InChI=1S/C14H26O7S.K/c1-4-7-8-11-14(5-2,6-3)20-12(15)9-10-13(16)21-22(17,18)19;/h4-11H2,1-3H3,(H,17,18,19);/q;+1/p-1. The van der Waals surface area contributed by atoms with Crippen LogP contribution in [-0.2, 0) is 28.9 Å². The monoisotopic (exact) mass is 376 g/mol. The molecule has 0 aromatic rings. The number of rotatable bonds is 11. The molecule has 0 heterocycles. The fraction of sp³-hybridized carbons (Fsp3) is 0.857. The zero-order chi connectivity index (χ0) is 17.2. The molecule has 0 N–H and O–H groups in total. The van der Waals surface area contributed by atoms with Crippen LogP contribution in [0.4, 0.5) is 0 Å². The van der Waals surface area contributed by atoms with Crippen LogP contribution in [0.3, 0.4) is 0 Å². The third kappa shape index (κ3) is 12.5. The number of carbonyl (C=O) groups is 2. The number of hydrogen-bond acceptors (Lipinski definition) is 7. The summed E-state index contributed by atoms with van der Waals surface area (Å²) in [7, 11) is -5.08. The summed E-state index contributed by atoms with van der Waals surface area (Å²) in [6.07, 6.45) is 4.32. The van der Waals surface area contributed by atoms with Gasteiger partial charge in [0.1, 0.15) is 5.60 Å². The predicted octanol–water partition coefficient (Wildman–Crippen LogP) is -0.544. The Kier molecular flexibility index (Phi) is 14.3. The van der Waals surface area contributed by atoms with Gasteiger partial charge in [0.05, 0.1) is 12.8 Å². The fourth-order valence-electron chi connectivity index (χ4n) is 2.15. The van der Waals surface area contributed by atoms with Crippen molar-refractivity contribution in [2.24, 2.45) is 0 Å². The van der Waals surface area contributed by atoms with Crippen molar-refractivity contribution in [3.05, 3.63) is 0 Å². The molecule has 0 spiro atoms. The average molecular weight is 377 g/mol. The third-order valence-electron chi connectivity index (χ3n) is 3.58. The second kappa shape index (κ2) is 12.8. The van der Waals surface area contributed by atoms with E-state index in [9.17, 15) is 22.6 Å². The summed E-state index contributed by atoms with van der Waals surface area (Å²) in [5.74, 6) is -1.85. The van der Waals surface area contributed by atoms with Gasteiger partial charge in [-0.15, -0.1) is 0 Å². The summed E-state index contributed by atoms with van der Waals surface area (Å²) in [6.45, 7) is 5.95. The summed E-state index contributed by atoms with van der Waals surface area (Å²) < 4.78 is 39.8. The molecule has 9 heteroatoms. The van der Waals surface area contributed by atoms with Gasteiger partial charge < -0.3 is 13.5 Å². The molecule has 23 heavy (non-hydrogen) atoms. The molecule has 0 radical (unpaired) electrons. The molecule has 0 bridgehead atoms. The Labute approximate surface area is 181 Å². The zero-order valence-electron chi connectivity index (χ0n) is 14.4. The van der Waals surface area contributed by atoms with Crippen molar-refractivity contribution in [3.8, 4) is 0 Å². The number of carbonyl (C=O) groups excluding carboxylic acids is 2.